The van der Waals surface area contributed by atoms with Crippen molar-refractivity contribution < 1.29 is 23.1 Å². The van der Waals surface area contributed by atoms with Crippen molar-refractivity contribution in [3.05, 3.63) is 38.3 Å². The molecule has 0 aliphatic rings. The molecule has 0 spiro atoms. The van der Waals surface area contributed by atoms with E-state index in [-0.39, 0.29) is 5.01 Å². The van der Waals surface area contributed by atoms with Crippen molar-refractivity contribution in [1.29, 1.82) is 0 Å². The van der Waals surface area contributed by atoms with Crippen molar-refractivity contribution >= 4 is 44.8 Å². The molecule has 0 aliphatic carbocycles. The average molecular weight is 387 g/mol. The first-order valence-electron chi connectivity index (χ1n) is 4.97. The van der Waals surface area contributed by atoms with Gasteiger partial charge in [-0.1, -0.05) is 27.5 Å². The highest BCUT2D eigenvalue weighted by molar-refractivity contribution is 9.10. The van der Waals surface area contributed by atoms with E-state index in [0.29, 0.717) is 26.4 Å². The Bertz CT molecular complexity index is 687. The molecule has 3 nitrogen and oxygen atoms in total. The van der Waals surface area contributed by atoms with Gasteiger partial charge in [0.05, 0.1) is 0 Å². The lowest BCUT2D eigenvalue weighted by Crippen LogP contribution is -2.11. The van der Waals surface area contributed by atoms with Crippen LogP contribution in [-0.2, 0) is 6.18 Å². The Labute approximate surface area is 128 Å². The quantitative estimate of drug-likeness (QED) is 0.795. The fourth-order valence-corrected chi connectivity index (χ4v) is 3.40. The summed E-state index contributed by atoms with van der Waals surface area (Å²) in [6.45, 7) is 0. The maximum absolute atomic E-state index is 12.8. The Morgan fingerprint density at radius 2 is 2.05 bits per heavy atom. The molecule has 0 bridgehead atoms. The SMILES string of the molecule is O=C(O)c1sc(-c2ccc(Cl)cc2Br)nc1C(F)(F)F. The maximum Gasteiger partial charge on any atom is 0.435 e. The van der Waals surface area contributed by atoms with Crippen LogP contribution in [0.25, 0.3) is 10.6 Å². The predicted octanol–water partition coefficient (Wildman–Crippen LogP) is 4.94. The molecule has 0 atom stereocenters. The molecule has 9 heteroatoms. The Hall–Kier alpha value is -1.12. The summed E-state index contributed by atoms with van der Waals surface area (Å²) in [6.07, 6.45) is -4.82. The molecule has 2 aromatic rings. The lowest BCUT2D eigenvalue weighted by atomic mass is 10.2. The van der Waals surface area contributed by atoms with Gasteiger partial charge in [-0.25, -0.2) is 9.78 Å². The van der Waals surface area contributed by atoms with Crippen molar-refractivity contribution in [3.8, 4) is 10.6 Å². The minimum absolute atomic E-state index is 0.0433. The van der Waals surface area contributed by atoms with Gasteiger partial charge >= 0.3 is 12.1 Å². The standard InChI is InChI=1S/C11H4BrClF3NO2S/c12-6-3-4(13)1-2-5(6)9-17-8(11(14,15)16)7(20-9)10(18)19/h1-3H,(H,18,19). The van der Waals surface area contributed by atoms with Crippen LogP contribution in [0.4, 0.5) is 13.2 Å². The van der Waals surface area contributed by atoms with Crippen LogP contribution < -0.4 is 0 Å². The number of aromatic nitrogens is 1. The number of benzene rings is 1. The highest BCUT2D eigenvalue weighted by Crippen LogP contribution is 2.40. The van der Waals surface area contributed by atoms with E-state index in [1.54, 1.807) is 0 Å². The van der Waals surface area contributed by atoms with Gasteiger partial charge in [-0.2, -0.15) is 13.2 Å². The largest absolute Gasteiger partial charge is 0.477 e. The molecule has 0 amide bonds. The van der Waals surface area contributed by atoms with Gasteiger partial charge in [0, 0.05) is 15.1 Å². The highest BCUT2D eigenvalue weighted by atomic mass is 79.9. The monoisotopic (exact) mass is 385 g/mol. The average Bonchev–Trinajstić information content (AvgIpc) is 2.73. The van der Waals surface area contributed by atoms with Gasteiger partial charge in [0.15, 0.2) is 5.69 Å². The lowest BCUT2D eigenvalue weighted by Gasteiger charge is -2.03. The molecular formula is C11H4BrClF3NO2S. The third-order valence-corrected chi connectivity index (χ3v) is 4.22. The van der Waals surface area contributed by atoms with Crippen LogP contribution in [0.1, 0.15) is 15.4 Å². The molecule has 0 saturated carbocycles. The Balaban J connectivity index is 2.62. The molecule has 1 N–H and O–H groups in total. The zero-order chi connectivity index (χ0) is 15.1. The molecule has 20 heavy (non-hydrogen) atoms. The third-order valence-electron chi connectivity index (χ3n) is 2.25. The van der Waals surface area contributed by atoms with Gasteiger partial charge < -0.3 is 5.11 Å². The van der Waals surface area contributed by atoms with Crippen molar-refractivity contribution in [1.82, 2.24) is 4.98 Å². The predicted molar refractivity (Wildman–Crippen MR) is 72.2 cm³/mol. The van der Waals surface area contributed by atoms with Crippen molar-refractivity contribution in [2.75, 3.05) is 0 Å². The molecule has 2 rings (SSSR count). The first kappa shape index (κ1) is 15.3. The van der Waals surface area contributed by atoms with Crippen molar-refractivity contribution in [3.63, 3.8) is 0 Å². The zero-order valence-electron chi connectivity index (χ0n) is 9.33. The van der Waals surface area contributed by atoms with Gasteiger partial charge in [-0.3, -0.25) is 0 Å². The van der Waals surface area contributed by atoms with E-state index in [1.165, 1.54) is 18.2 Å². The van der Waals surface area contributed by atoms with Crippen LogP contribution in [0, 0.1) is 0 Å². The van der Waals surface area contributed by atoms with Gasteiger partial charge in [-0.05, 0) is 18.2 Å². The second-order valence-electron chi connectivity index (χ2n) is 3.62. The number of thiazole rings is 1. The maximum atomic E-state index is 12.8. The summed E-state index contributed by atoms with van der Waals surface area (Å²) in [7, 11) is 0. The number of hydrogen-bond acceptors (Lipinski definition) is 3. The Morgan fingerprint density at radius 1 is 1.40 bits per heavy atom. The number of rotatable bonds is 2. The Kier molecular flexibility index (Phi) is 4.08. The summed E-state index contributed by atoms with van der Waals surface area (Å²) >= 11 is 9.37. The van der Waals surface area contributed by atoms with Crippen LogP contribution >= 0.6 is 38.9 Å². The molecule has 0 radical (unpaired) electrons. The third kappa shape index (κ3) is 2.97. The summed E-state index contributed by atoms with van der Waals surface area (Å²) in [5.74, 6) is -1.66. The van der Waals surface area contributed by atoms with Gasteiger partial charge in [0.2, 0.25) is 0 Å². The molecule has 0 unspecified atom stereocenters. The number of nitrogens with zero attached hydrogens (tertiary/aromatic N) is 1. The zero-order valence-corrected chi connectivity index (χ0v) is 12.5. The van der Waals surface area contributed by atoms with E-state index in [4.69, 9.17) is 16.7 Å². The molecular weight excluding hydrogens is 383 g/mol. The molecule has 0 aliphatic heterocycles. The number of carboxylic acid groups (broad SMARTS) is 1. The van der Waals surface area contributed by atoms with E-state index in [0.717, 1.165) is 0 Å². The second kappa shape index (κ2) is 5.34. The van der Waals surface area contributed by atoms with E-state index < -0.39 is 22.7 Å². The second-order valence-corrected chi connectivity index (χ2v) is 5.91. The van der Waals surface area contributed by atoms with Crippen LogP contribution in [0.5, 0.6) is 0 Å². The summed E-state index contributed by atoms with van der Waals surface area (Å²) in [4.78, 5) is 13.5. The highest BCUT2D eigenvalue weighted by Gasteiger charge is 2.40. The number of hydrogen-bond donors (Lipinski definition) is 1. The minimum Gasteiger partial charge on any atom is -0.477 e. The van der Waals surface area contributed by atoms with E-state index in [9.17, 15) is 18.0 Å². The molecule has 0 fully saturated rings. The fourth-order valence-electron chi connectivity index (χ4n) is 1.44. The van der Waals surface area contributed by atoms with Crippen LogP contribution in [0.15, 0.2) is 22.7 Å². The number of alkyl halides is 3. The number of aromatic carboxylic acids is 1. The topological polar surface area (TPSA) is 50.2 Å². The van der Waals surface area contributed by atoms with Gasteiger partial charge in [0.25, 0.3) is 0 Å². The van der Waals surface area contributed by atoms with Crippen LogP contribution in [0.2, 0.25) is 5.02 Å². The molecule has 1 aromatic heterocycles. The molecule has 0 saturated heterocycles. The Morgan fingerprint density at radius 3 is 2.50 bits per heavy atom. The van der Waals surface area contributed by atoms with Crippen molar-refractivity contribution in [2.45, 2.75) is 6.18 Å². The van der Waals surface area contributed by atoms with Crippen LogP contribution in [0.3, 0.4) is 0 Å². The van der Waals surface area contributed by atoms with Gasteiger partial charge in [0.1, 0.15) is 9.88 Å². The van der Waals surface area contributed by atoms with Crippen LogP contribution in [-0.4, -0.2) is 16.1 Å². The number of carbonyl (C=O) groups is 1. The summed E-state index contributed by atoms with van der Waals surface area (Å²) in [6, 6.07) is 4.44. The lowest BCUT2D eigenvalue weighted by molar-refractivity contribution is -0.141. The summed E-state index contributed by atoms with van der Waals surface area (Å²) < 4.78 is 38.7. The normalized spacial score (nSPS) is 11.7. The minimum atomic E-state index is -4.82. The van der Waals surface area contributed by atoms with Crippen molar-refractivity contribution in [2.24, 2.45) is 0 Å². The number of halogens is 5. The van der Waals surface area contributed by atoms with Gasteiger partial charge in [-0.15, -0.1) is 11.3 Å². The fraction of sp³-hybridized carbons (Fsp3) is 0.0909. The van der Waals surface area contributed by atoms with E-state index in [1.807, 2.05) is 0 Å². The first-order chi connectivity index (χ1) is 9.20. The van der Waals surface area contributed by atoms with E-state index >= 15 is 0 Å². The molecule has 1 aromatic carbocycles. The van der Waals surface area contributed by atoms with E-state index in [2.05, 4.69) is 20.9 Å². The molecule has 1 heterocycles. The first-order valence-corrected chi connectivity index (χ1v) is 6.95. The summed E-state index contributed by atoms with van der Waals surface area (Å²) in [5, 5.41) is 9.19. The smallest absolute Gasteiger partial charge is 0.435 e. The summed E-state index contributed by atoms with van der Waals surface area (Å²) in [5.41, 5.74) is -1.05. The molecule has 106 valence electrons. The number of carboxylic acids is 1.